The molecule has 0 atom stereocenters. The van der Waals surface area contributed by atoms with Crippen LogP contribution in [0.4, 0.5) is 10.5 Å². The number of urea groups is 1. The van der Waals surface area contributed by atoms with Crippen molar-refractivity contribution in [1.29, 1.82) is 0 Å². The highest BCUT2D eigenvalue weighted by Crippen LogP contribution is 2.32. The average molecular weight is 340 g/mol. The van der Waals surface area contributed by atoms with Gasteiger partial charge in [-0.25, -0.2) is 4.79 Å². The zero-order chi connectivity index (χ0) is 17.6. The fourth-order valence-electron chi connectivity index (χ4n) is 2.98. The second-order valence-corrected chi connectivity index (χ2v) is 6.10. The summed E-state index contributed by atoms with van der Waals surface area (Å²) in [6.07, 6.45) is 1.76. The third-order valence-corrected chi connectivity index (χ3v) is 4.43. The highest BCUT2D eigenvalue weighted by atomic mass is 16.5. The van der Waals surface area contributed by atoms with E-state index < -0.39 is 0 Å². The van der Waals surface area contributed by atoms with E-state index in [1.807, 2.05) is 30.3 Å². The number of amides is 2. The van der Waals surface area contributed by atoms with Gasteiger partial charge in [-0.05, 0) is 36.6 Å². The van der Waals surface area contributed by atoms with Gasteiger partial charge in [0, 0.05) is 31.3 Å². The predicted molar refractivity (Wildman–Crippen MR) is 98.7 cm³/mol. The van der Waals surface area contributed by atoms with Gasteiger partial charge in [-0.1, -0.05) is 24.3 Å². The van der Waals surface area contributed by atoms with Gasteiger partial charge in [0.15, 0.2) is 11.5 Å². The number of nitrogens with zero attached hydrogens (tertiary/aromatic N) is 1. The monoisotopic (exact) mass is 340 g/mol. The summed E-state index contributed by atoms with van der Waals surface area (Å²) in [7, 11) is 1.62. The third-order valence-electron chi connectivity index (χ3n) is 4.43. The molecule has 25 heavy (non-hydrogen) atoms. The van der Waals surface area contributed by atoms with Crippen molar-refractivity contribution in [2.75, 3.05) is 31.7 Å². The van der Waals surface area contributed by atoms with E-state index in [-0.39, 0.29) is 6.03 Å². The number of nitrogens with one attached hydrogen (secondary N) is 1. The molecule has 0 bridgehead atoms. The Balaban J connectivity index is 1.72. The molecule has 3 rings (SSSR count). The smallest absolute Gasteiger partial charge is 0.321 e. The molecule has 1 heterocycles. The van der Waals surface area contributed by atoms with Crippen LogP contribution in [0.5, 0.6) is 11.5 Å². The van der Waals surface area contributed by atoms with Crippen molar-refractivity contribution in [2.45, 2.75) is 19.8 Å². The van der Waals surface area contributed by atoms with E-state index in [2.05, 4.69) is 24.4 Å². The SMILES string of the molecule is COc1ccc(N2CCCNC2=O)cc1OCCc1ccccc1C. The normalized spacial score (nSPS) is 14.2. The summed E-state index contributed by atoms with van der Waals surface area (Å²) < 4.78 is 11.4. The maximum atomic E-state index is 12.0. The van der Waals surface area contributed by atoms with Gasteiger partial charge in [0.2, 0.25) is 0 Å². The molecular formula is C20H24N2O3. The van der Waals surface area contributed by atoms with Gasteiger partial charge in [-0.3, -0.25) is 4.90 Å². The lowest BCUT2D eigenvalue weighted by Crippen LogP contribution is -2.46. The summed E-state index contributed by atoms with van der Waals surface area (Å²) in [6.45, 7) is 4.09. The molecule has 132 valence electrons. The number of methoxy groups -OCH3 is 1. The molecule has 1 N–H and O–H groups in total. The first-order valence-corrected chi connectivity index (χ1v) is 8.60. The Labute approximate surface area is 148 Å². The number of benzene rings is 2. The molecule has 2 aromatic rings. The van der Waals surface area contributed by atoms with Crippen LogP contribution in [0.25, 0.3) is 0 Å². The molecule has 2 amide bonds. The number of hydrogen-bond donors (Lipinski definition) is 1. The molecule has 1 aliphatic heterocycles. The van der Waals surface area contributed by atoms with Crippen LogP contribution in [0.2, 0.25) is 0 Å². The average Bonchev–Trinajstić information content (AvgIpc) is 2.64. The maximum absolute atomic E-state index is 12.0. The van der Waals surface area contributed by atoms with Crippen molar-refractivity contribution in [2.24, 2.45) is 0 Å². The van der Waals surface area contributed by atoms with Crippen LogP contribution in [-0.4, -0.2) is 32.8 Å². The molecule has 1 aliphatic rings. The number of ether oxygens (including phenoxy) is 2. The molecule has 0 saturated carbocycles. The first kappa shape index (κ1) is 17.1. The quantitative estimate of drug-likeness (QED) is 0.875. The van der Waals surface area contributed by atoms with Gasteiger partial charge in [-0.15, -0.1) is 0 Å². The van der Waals surface area contributed by atoms with Gasteiger partial charge in [0.25, 0.3) is 0 Å². The summed E-state index contributed by atoms with van der Waals surface area (Å²) in [5.74, 6) is 1.33. The van der Waals surface area contributed by atoms with Crippen molar-refractivity contribution in [3.63, 3.8) is 0 Å². The Morgan fingerprint density at radius 2 is 2.00 bits per heavy atom. The van der Waals surface area contributed by atoms with E-state index in [4.69, 9.17) is 9.47 Å². The topological polar surface area (TPSA) is 50.8 Å². The summed E-state index contributed by atoms with van der Waals surface area (Å²) in [4.78, 5) is 13.8. The molecule has 1 fully saturated rings. The van der Waals surface area contributed by atoms with Crippen LogP contribution in [0.1, 0.15) is 17.5 Å². The number of carbonyl (C=O) groups is 1. The molecule has 0 radical (unpaired) electrons. The fraction of sp³-hybridized carbons (Fsp3) is 0.350. The molecule has 0 unspecified atom stereocenters. The number of rotatable bonds is 6. The third kappa shape index (κ3) is 4.05. The van der Waals surface area contributed by atoms with Crippen molar-refractivity contribution in [1.82, 2.24) is 5.32 Å². The van der Waals surface area contributed by atoms with Gasteiger partial charge < -0.3 is 14.8 Å². The van der Waals surface area contributed by atoms with Gasteiger partial charge in [0.1, 0.15) is 0 Å². The van der Waals surface area contributed by atoms with Crippen LogP contribution >= 0.6 is 0 Å². The van der Waals surface area contributed by atoms with E-state index in [0.717, 1.165) is 25.1 Å². The second-order valence-electron chi connectivity index (χ2n) is 6.10. The fourth-order valence-corrected chi connectivity index (χ4v) is 2.98. The van der Waals surface area contributed by atoms with Crippen LogP contribution in [0.3, 0.4) is 0 Å². The van der Waals surface area contributed by atoms with Crippen molar-refractivity contribution in [3.8, 4) is 11.5 Å². The molecule has 1 saturated heterocycles. The Morgan fingerprint density at radius 1 is 1.16 bits per heavy atom. The lowest BCUT2D eigenvalue weighted by Gasteiger charge is -2.28. The summed E-state index contributed by atoms with van der Waals surface area (Å²) in [5.41, 5.74) is 3.36. The van der Waals surface area contributed by atoms with Crippen molar-refractivity contribution >= 4 is 11.7 Å². The van der Waals surface area contributed by atoms with Gasteiger partial charge in [-0.2, -0.15) is 0 Å². The molecule has 5 nitrogen and oxygen atoms in total. The Bertz CT molecular complexity index is 745. The Kier molecular flexibility index (Phi) is 5.43. The summed E-state index contributed by atoms with van der Waals surface area (Å²) >= 11 is 0. The van der Waals surface area contributed by atoms with Gasteiger partial charge in [0.05, 0.1) is 13.7 Å². The molecule has 0 spiro atoms. The summed E-state index contributed by atoms with van der Waals surface area (Å²) in [6, 6.07) is 13.8. The highest BCUT2D eigenvalue weighted by molar-refractivity contribution is 5.93. The van der Waals surface area contributed by atoms with Crippen LogP contribution in [0.15, 0.2) is 42.5 Å². The number of anilines is 1. The highest BCUT2D eigenvalue weighted by Gasteiger charge is 2.20. The standard InChI is InChI=1S/C20H24N2O3/c1-15-6-3-4-7-16(15)10-13-25-19-14-17(8-9-18(19)24-2)22-12-5-11-21-20(22)23/h3-4,6-9,14H,5,10-13H2,1-2H3,(H,21,23). The van der Waals surface area contributed by atoms with Crippen LogP contribution < -0.4 is 19.7 Å². The zero-order valence-corrected chi connectivity index (χ0v) is 14.7. The van der Waals surface area contributed by atoms with Crippen LogP contribution in [0, 0.1) is 6.92 Å². The Hall–Kier alpha value is -2.69. The van der Waals surface area contributed by atoms with E-state index >= 15 is 0 Å². The molecular weight excluding hydrogens is 316 g/mol. The minimum Gasteiger partial charge on any atom is -0.493 e. The second kappa shape index (κ2) is 7.92. The van der Waals surface area contributed by atoms with Gasteiger partial charge >= 0.3 is 6.03 Å². The Morgan fingerprint density at radius 3 is 2.76 bits per heavy atom. The number of aryl methyl sites for hydroxylation is 1. The predicted octanol–water partition coefficient (Wildman–Crippen LogP) is 3.54. The molecule has 0 aliphatic carbocycles. The van der Waals surface area contributed by atoms with E-state index in [1.165, 1.54) is 11.1 Å². The lowest BCUT2D eigenvalue weighted by atomic mass is 10.1. The summed E-state index contributed by atoms with van der Waals surface area (Å²) in [5, 5.41) is 2.86. The van der Waals surface area contributed by atoms with Crippen LogP contribution in [-0.2, 0) is 6.42 Å². The minimum atomic E-state index is -0.0673. The van der Waals surface area contributed by atoms with Crippen molar-refractivity contribution in [3.05, 3.63) is 53.6 Å². The largest absolute Gasteiger partial charge is 0.493 e. The minimum absolute atomic E-state index is 0.0673. The van der Waals surface area contributed by atoms with E-state index in [1.54, 1.807) is 12.0 Å². The molecule has 5 heteroatoms. The maximum Gasteiger partial charge on any atom is 0.321 e. The molecule has 2 aromatic carbocycles. The first-order chi connectivity index (χ1) is 12.2. The molecule has 0 aromatic heterocycles. The van der Waals surface area contributed by atoms with E-state index in [9.17, 15) is 4.79 Å². The first-order valence-electron chi connectivity index (χ1n) is 8.60. The van der Waals surface area contributed by atoms with Crippen molar-refractivity contribution < 1.29 is 14.3 Å². The zero-order valence-electron chi connectivity index (χ0n) is 14.7. The number of hydrogen-bond acceptors (Lipinski definition) is 3. The van der Waals surface area contributed by atoms with E-state index in [0.29, 0.717) is 24.7 Å². The number of carbonyl (C=O) groups excluding carboxylic acids is 1. The lowest BCUT2D eigenvalue weighted by molar-refractivity contribution is 0.243.